The first-order valence-electron chi connectivity index (χ1n) is 7.12. The lowest BCUT2D eigenvalue weighted by molar-refractivity contribution is -0.0749. The monoisotopic (exact) mass is 292 g/mol. The number of oxime groups is 1. The van der Waals surface area contributed by atoms with Crippen molar-refractivity contribution in [1.82, 2.24) is 4.98 Å². The highest BCUT2D eigenvalue weighted by Crippen LogP contribution is 2.30. The molecule has 0 aliphatic carbocycles. The molecule has 1 aliphatic heterocycles. The molecular formula is C15H24N4O2. The van der Waals surface area contributed by atoms with Gasteiger partial charge in [-0.1, -0.05) is 5.16 Å². The molecule has 0 radical (unpaired) electrons. The highest BCUT2D eigenvalue weighted by atomic mass is 16.5. The van der Waals surface area contributed by atoms with Crippen LogP contribution < -0.4 is 10.6 Å². The van der Waals surface area contributed by atoms with Gasteiger partial charge in [-0.15, -0.1) is 0 Å². The topological polar surface area (TPSA) is 84.0 Å². The number of amidine groups is 1. The number of nitrogens with zero attached hydrogens (tertiary/aromatic N) is 3. The van der Waals surface area contributed by atoms with Crippen LogP contribution in [-0.2, 0) is 4.74 Å². The summed E-state index contributed by atoms with van der Waals surface area (Å²) in [5, 5.41) is 12.2. The van der Waals surface area contributed by atoms with Crippen LogP contribution in [0.2, 0.25) is 0 Å². The van der Waals surface area contributed by atoms with Gasteiger partial charge in [0.25, 0.3) is 0 Å². The van der Waals surface area contributed by atoms with Crippen molar-refractivity contribution >= 4 is 11.5 Å². The summed E-state index contributed by atoms with van der Waals surface area (Å²) in [6.45, 7) is 11.5. The Labute approximate surface area is 125 Å². The van der Waals surface area contributed by atoms with Gasteiger partial charge in [0.05, 0.1) is 28.6 Å². The maximum Gasteiger partial charge on any atom is 0.174 e. The summed E-state index contributed by atoms with van der Waals surface area (Å²) < 4.78 is 5.94. The zero-order valence-electron chi connectivity index (χ0n) is 13.3. The molecule has 3 N–H and O–H groups in total. The first-order valence-corrected chi connectivity index (χ1v) is 7.12. The zero-order valence-corrected chi connectivity index (χ0v) is 13.3. The second-order valence-corrected chi connectivity index (χ2v) is 6.30. The number of morpholine rings is 1. The van der Waals surface area contributed by atoms with Crippen LogP contribution in [0.3, 0.4) is 0 Å². The van der Waals surface area contributed by atoms with Crippen LogP contribution in [0, 0.1) is 13.8 Å². The van der Waals surface area contributed by atoms with Crippen molar-refractivity contribution in [3.8, 4) is 0 Å². The van der Waals surface area contributed by atoms with Gasteiger partial charge >= 0.3 is 0 Å². The molecule has 0 aromatic carbocycles. The lowest BCUT2D eigenvalue weighted by atomic mass is 10.0. The summed E-state index contributed by atoms with van der Waals surface area (Å²) in [7, 11) is 0. The van der Waals surface area contributed by atoms with E-state index in [1.54, 1.807) is 0 Å². The van der Waals surface area contributed by atoms with E-state index in [-0.39, 0.29) is 17.5 Å². The highest BCUT2D eigenvalue weighted by Gasteiger charge is 2.33. The molecule has 21 heavy (non-hydrogen) atoms. The quantitative estimate of drug-likeness (QED) is 0.376. The van der Waals surface area contributed by atoms with Crippen molar-refractivity contribution in [2.24, 2.45) is 10.9 Å². The van der Waals surface area contributed by atoms with E-state index in [1.165, 1.54) is 0 Å². The zero-order chi connectivity index (χ0) is 15.8. The minimum absolute atomic E-state index is 0.0898. The minimum Gasteiger partial charge on any atom is -0.409 e. The van der Waals surface area contributed by atoms with Crippen molar-refractivity contribution < 1.29 is 9.94 Å². The lowest BCUT2D eigenvalue weighted by Gasteiger charge is -2.43. The van der Waals surface area contributed by atoms with Crippen molar-refractivity contribution in [3.63, 3.8) is 0 Å². The Morgan fingerprint density at radius 1 is 1.52 bits per heavy atom. The molecule has 0 amide bonds. The summed E-state index contributed by atoms with van der Waals surface area (Å²) >= 11 is 0. The third kappa shape index (κ3) is 3.26. The normalized spacial score (nSPS) is 22.4. The Bertz CT molecular complexity index is 569. The molecule has 1 aliphatic rings. The van der Waals surface area contributed by atoms with Gasteiger partial charge in [0.1, 0.15) is 0 Å². The first-order chi connectivity index (χ1) is 9.73. The summed E-state index contributed by atoms with van der Waals surface area (Å²) in [6, 6.07) is 1.98. The SMILES string of the molecule is Cc1cc(N2CC(C)OC(C)(C)C2)c(/C(N)=N/O)c(C)n1. The van der Waals surface area contributed by atoms with E-state index in [4.69, 9.17) is 15.7 Å². The van der Waals surface area contributed by atoms with Crippen LogP contribution >= 0.6 is 0 Å². The largest absolute Gasteiger partial charge is 0.409 e. The summed E-state index contributed by atoms with van der Waals surface area (Å²) in [5.41, 5.74) is 8.92. The van der Waals surface area contributed by atoms with Crippen molar-refractivity contribution in [1.29, 1.82) is 0 Å². The Morgan fingerprint density at radius 2 is 2.19 bits per heavy atom. The van der Waals surface area contributed by atoms with E-state index in [9.17, 15) is 0 Å². The van der Waals surface area contributed by atoms with Crippen LogP contribution in [0.5, 0.6) is 0 Å². The standard InChI is InChI=1S/C15H24N4O2/c1-9-6-12(13(11(3)17-9)14(16)18-20)19-7-10(2)21-15(4,5)8-19/h6,10,20H,7-8H2,1-5H3,(H2,16,18). The van der Waals surface area contributed by atoms with Crippen LogP contribution in [0.4, 0.5) is 5.69 Å². The summed E-state index contributed by atoms with van der Waals surface area (Å²) in [6.07, 6.45) is 0.114. The molecule has 6 heteroatoms. The molecule has 0 saturated carbocycles. The molecule has 1 aromatic heterocycles. The molecule has 0 bridgehead atoms. The summed E-state index contributed by atoms with van der Waals surface area (Å²) in [5.74, 6) is 0.0898. The highest BCUT2D eigenvalue weighted by molar-refractivity contribution is 6.03. The molecule has 1 saturated heterocycles. The Hall–Kier alpha value is -1.82. The smallest absolute Gasteiger partial charge is 0.174 e. The van der Waals surface area contributed by atoms with Crippen molar-refractivity contribution in [2.45, 2.75) is 46.3 Å². The second-order valence-electron chi connectivity index (χ2n) is 6.30. The third-order valence-corrected chi connectivity index (χ3v) is 3.58. The Kier molecular flexibility index (Phi) is 4.09. The molecule has 1 atom stereocenters. The molecule has 2 heterocycles. The molecule has 2 rings (SSSR count). The van der Waals surface area contributed by atoms with Gasteiger partial charge < -0.3 is 20.6 Å². The molecule has 1 aromatic rings. The molecule has 116 valence electrons. The average molecular weight is 292 g/mol. The number of anilines is 1. The number of ether oxygens (including phenoxy) is 1. The summed E-state index contributed by atoms with van der Waals surface area (Å²) in [4.78, 5) is 6.65. The predicted molar refractivity (Wildman–Crippen MR) is 83.1 cm³/mol. The fourth-order valence-electron chi connectivity index (χ4n) is 3.06. The van der Waals surface area contributed by atoms with Gasteiger partial charge in [0.15, 0.2) is 5.84 Å². The van der Waals surface area contributed by atoms with Crippen LogP contribution in [0.15, 0.2) is 11.2 Å². The third-order valence-electron chi connectivity index (χ3n) is 3.58. The Balaban J connectivity index is 2.52. The Morgan fingerprint density at radius 3 is 2.76 bits per heavy atom. The fraction of sp³-hybridized carbons (Fsp3) is 0.600. The number of nitrogens with two attached hydrogens (primary N) is 1. The van der Waals surface area contributed by atoms with E-state index >= 15 is 0 Å². The predicted octanol–water partition coefficient (Wildman–Crippen LogP) is 1.80. The van der Waals surface area contributed by atoms with E-state index in [0.717, 1.165) is 30.2 Å². The van der Waals surface area contributed by atoms with E-state index < -0.39 is 0 Å². The van der Waals surface area contributed by atoms with Crippen LogP contribution in [-0.4, -0.2) is 40.8 Å². The van der Waals surface area contributed by atoms with Gasteiger partial charge in [0, 0.05) is 18.8 Å². The average Bonchev–Trinajstić information content (AvgIpc) is 2.34. The van der Waals surface area contributed by atoms with E-state index in [2.05, 4.69) is 35.8 Å². The molecule has 1 fully saturated rings. The van der Waals surface area contributed by atoms with Gasteiger partial charge in [-0.25, -0.2) is 0 Å². The number of aromatic nitrogens is 1. The number of pyridine rings is 1. The molecular weight excluding hydrogens is 268 g/mol. The number of hydrogen-bond donors (Lipinski definition) is 2. The maximum absolute atomic E-state index is 9.05. The first kappa shape index (κ1) is 15.6. The lowest BCUT2D eigenvalue weighted by Crippen LogP contribution is -2.52. The fourth-order valence-corrected chi connectivity index (χ4v) is 3.06. The minimum atomic E-state index is -0.245. The van der Waals surface area contributed by atoms with E-state index in [0.29, 0.717) is 5.56 Å². The van der Waals surface area contributed by atoms with Gasteiger partial charge in [0.2, 0.25) is 0 Å². The van der Waals surface area contributed by atoms with E-state index in [1.807, 2.05) is 19.9 Å². The van der Waals surface area contributed by atoms with Gasteiger partial charge in [-0.3, -0.25) is 4.98 Å². The van der Waals surface area contributed by atoms with Crippen LogP contribution in [0.1, 0.15) is 37.7 Å². The number of aryl methyl sites for hydroxylation is 2. The van der Waals surface area contributed by atoms with Crippen molar-refractivity contribution in [2.75, 3.05) is 18.0 Å². The maximum atomic E-state index is 9.05. The van der Waals surface area contributed by atoms with Crippen molar-refractivity contribution in [3.05, 3.63) is 23.0 Å². The molecule has 0 spiro atoms. The van der Waals surface area contributed by atoms with Gasteiger partial charge in [-0.05, 0) is 40.7 Å². The molecule has 1 unspecified atom stereocenters. The number of rotatable bonds is 2. The van der Waals surface area contributed by atoms with Gasteiger partial charge in [-0.2, -0.15) is 0 Å². The molecule has 6 nitrogen and oxygen atoms in total. The van der Waals surface area contributed by atoms with Crippen LogP contribution in [0.25, 0.3) is 0 Å². The second kappa shape index (κ2) is 5.52. The number of hydrogen-bond acceptors (Lipinski definition) is 5.